The van der Waals surface area contributed by atoms with Crippen LogP contribution in [0.15, 0.2) is 57.8 Å². The number of hydrogen-bond donors (Lipinski definition) is 0. The normalized spacial score (nSPS) is 25.8. The van der Waals surface area contributed by atoms with Gasteiger partial charge in [0.15, 0.2) is 0 Å². The first-order chi connectivity index (χ1) is 11.8. The van der Waals surface area contributed by atoms with Gasteiger partial charge < -0.3 is 4.74 Å². The average molecular weight is 340 g/mol. The maximum atomic E-state index is 13.4. The van der Waals surface area contributed by atoms with E-state index in [-0.39, 0.29) is 5.83 Å². The van der Waals surface area contributed by atoms with Crippen molar-refractivity contribution in [3.05, 3.63) is 59.1 Å². The van der Waals surface area contributed by atoms with Gasteiger partial charge in [-0.1, -0.05) is 6.07 Å². The van der Waals surface area contributed by atoms with Crippen LogP contribution in [0.5, 0.6) is 0 Å². The zero-order valence-corrected chi connectivity index (χ0v) is 14.0. The van der Waals surface area contributed by atoms with Crippen LogP contribution in [0.3, 0.4) is 0 Å². The van der Waals surface area contributed by atoms with Gasteiger partial charge in [-0.25, -0.2) is 8.70 Å². The molecule has 24 heavy (non-hydrogen) atoms. The molecule has 1 aromatic rings. The van der Waals surface area contributed by atoms with E-state index in [4.69, 9.17) is 4.74 Å². The van der Waals surface area contributed by atoms with E-state index in [2.05, 4.69) is 27.5 Å². The SMILES string of the molecule is FC1=CC=C2C(c3ccc4c(c3)CN(C3CCOC3)S4)=CN=C2C1. The van der Waals surface area contributed by atoms with Gasteiger partial charge >= 0.3 is 0 Å². The molecule has 1 atom stereocenters. The summed E-state index contributed by atoms with van der Waals surface area (Å²) in [4.78, 5) is 5.74. The summed E-state index contributed by atoms with van der Waals surface area (Å²) in [7, 11) is 0. The van der Waals surface area contributed by atoms with Crippen LogP contribution in [0.2, 0.25) is 0 Å². The van der Waals surface area contributed by atoms with Gasteiger partial charge in [-0.15, -0.1) is 0 Å². The van der Waals surface area contributed by atoms with Crippen LogP contribution < -0.4 is 0 Å². The molecule has 0 amide bonds. The minimum atomic E-state index is -0.119. The van der Waals surface area contributed by atoms with Gasteiger partial charge in [0.25, 0.3) is 0 Å². The fraction of sp³-hybridized carbons (Fsp3) is 0.316. The number of allylic oxidation sites excluding steroid dienone is 5. The predicted octanol–water partition coefficient (Wildman–Crippen LogP) is 4.28. The summed E-state index contributed by atoms with van der Waals surface area (Å²) < 4.78 is 21.4. The Morgan fingerprint density at radius 3 is 3.08 bits per heavy atom. The van der Waals surface area contributed by atoms with E-state index in [9.17, 15) is 4.39 Å². The Morgan fingerprint density at radius 1 is 1.25 bits per heavy atom. The first-order valence-corrected chi connectivity index (χ1v) is 9.05. The lowest BCUT2D eigenvalue weighted by atomic mass is 9.92. The minimum Gasteiger partial charge on any atom is -0.380 e. The molecular formula is C19H17FN2OS. The van der Waals surface area contributed by atoms with Crippen molar-refractivity contribution in [1.82, 2.24) is 4.31 Å². The Hall–Kier alpha value is -1.69. The van der Waals surface area contributed by atoms with Crippen LogP contribution in [0.1, 0.15) is 24.0 Å². The molecule has 1 saturated heterocycles. The molecule has 0 aromatic heterocycles. The minimum absolute atomic E-state index is 0.119. The molecule has 0 spiro atoms. The first-order valence-electron chi connectivity index (χ1n) is 8.27. The summed E-state index contributed by atoms with van der Waals surface area (Å²) in [5.41, 5.74) is 5.52. The van der Waals surface area contributed by atoms with Gasteiger partial charge in [0.2, 0.25) is 0 Å². The number of ether oxygens (including phenoxy) is 1. The van der Waals surface area contributed by atoms with Gasteiger partial charge in [-0.05, 0) is 53.8 Å². The number of rotatable bonds is 2. The average Bonchev–Trinajstić information content (AvgIpc) is 3.32. The second kappa shape index (κ2) is 5.69. The molecule has 0 radical (unpaired) electrons. The highest BCUT2D eigenvalue weighted by molar-refractivity contribution is 7.97. The van der Waals surface area contributed by atoms with Gasteiger partial charge in [-0.3, -0.25) is 4.99 Å². The topological polar surface area (TPSA) is 24.8 Å². The summed E-state index contributed by atoms with van der Waals surface area (Å²) in [6.07, 6.45) is 6.70. The number of benzene rings is 1. The highest BCUT2D eigenvalue weighted by Gasteiger charge is 2.30. The second-order valence-electron chi connectivity index (χ2n) is 6.50. The van der Waals surface area contributed by atoms with Gasteiger partial charge in [-0.2, -0.15) is 0 Å². The van der Waals surface area contributed by atoms with Gasteiger partial charge in [0.05, 0.1) is 12.3 Å². The van der Waals surface area contributed by atoms with Crippen molar-refractivity contribution in [2.24, 2.45) is 4.99 Å². The van der Waals surface area contributed by atoms with E-state index in [0.717, 1.165) is 43.0 Å². The van der Waals surface area contributed by atoms with Crippen LogP contribution in [-0.2, 0) is 11.3 Å². The Bertz CT molecular complexity index is 834. The van der Waals surface area contributed by atoms with E-state index in [0.29, 0.717) is 12.5 Å². The number of nitrogens with zero attached hydrogens (tertiary/aromatic N) is 2. The molecule has 3 heterocycles. The lowest BCUT2D eigenvalue weighted by Crippen LogP contribution is -2.26. The highest BCUT2D eigenvalue weighted by atomic mass is 32.2. The monoisotopic (exact) mass is 340 g/mol. The van der Waals surface area contributed by atoms with Crippen LogP contribution in [-0.4, -0.2) is 29.3 Å². The van der Waals surface area contributed by atoms with Crippen molar-refractivity contribution in [2.75, 3.05) is 13.2 Å². The van der Waals surface area contributed by atoms with Crippen LogP contribution in [0.25, 0.3) is 5.57 Å². The van der Waals surface area contributed by atoms with E-state index < -0.39 is 0 Å². The van der Waals surface area contributed by atoms with Crippen molar-refractivity contribution in [2.45, 2.75) is 30.3 Å². The summed E-state index contributed by atoms with van der Waals surface area (Å²) in [5, 5.41) is 0. The molecule has 0 saturated carbocycles. The zero-order chi connectivity index (χ0) is 16.1. The fourth-order valence-electron chi connectivity index (χ4n) is 3.63. The first kappa shape index (κ1) is 14.6. The fourth-order valence-corrected chi connectivity index (χ4v) is 4.77. The summed E-state index contributed by atoms with van der Waals surface area (Å²) >= 11 is 1.84. The van der Waals surface area contributed by atoms with E-state index in [1.807, 2.05) is 24.2 Å². The Balaban J connectivity index is 1.42. The third-order valence-corrected chi connectivity index (χ3v) is 6.20. The third kappa shape index (κ3) is 2.39. The molecule has 4 aliphatic rings. The summed E-state index contributed by atoms with van der Waals surface area (Å²) in [6, 6.07) is 7.13. The molecule has 1 aromatic carbocycles. The molecule has 1 unspecified atom stereocenters. The van der Waals surface area contributed by atoms with Gasteiger partial charge in [0.1, 0.15) is 5.83 Å². The van der Waals surface area contributed by atoms with Crippen molar-refractivity contribution < 1.29 is 9.13 Å². The smallest absolute Gasteiger partial charge is 0.106 e. The zero-order valence-electron chi connectivity index (χ0n) is 13.2. The van der Waals surface area contributed by atoms with Crippen LogP contribution >= 0.6 is 11.9 Å². The molecule has 3 aliphatic heterocycles. The maximum Gasteiger partial charge on any atom is 0.106 e. The van der Waals surface area contributed by atoms with Crippen LogP contribution in [0.4, 0.5) is 4.39 Å². The highest BCUT2D eigenvalue weighted by Crippen LogP contribution is 2.42. The summed E-state index contributed by atoms with van der Waals surface area (Å²) in [6.45, 7) is 2.66. The largest absolute Gasteiger partial charge is 0.380 e. The molecule has 5 heteroatoms. The molecule has 0 bridgehead atoms. The molecule has 122 valence electrons. The van der Waals surface area contributed by atoms with Crippen molar-refractivity contribution >= 4 is 23.2 Å². The Labute approximate surface area is 144 Å². The Morgan fingerprint density at radius 2 is 2.21 bits per heavy atom. The van der Waals surface area contributed by atoms with E-state index in [1.165, 1.54) is 16.0 Å². The predicted molar refractivity (Wildman–Crippen MR) is 94.4 cm³/mol. The molecule has 1 aliphatic carbocycles. The second-order valence-corrected chi connectivity index (χ2v) is 7.59. The van der Waals surface area contributed by atoms with Crippen molar-refractivity contribution in [1.29, 1.82) is 0 Å². The van der Waals surface area contributed by atoms with Gasteiger partial charge in [0, 0.05) is 47.9 Å². The molecule has 0 N–H and O–H groups in total. The lowest BCUT2D eigenvalue weighted by Gasteiger charge is -2.19. The number of aliphatic imine (C=N–C) groups is 1. The van der Waals surface area contributed by atoms with E-state index in [1.54, 1.807) is 6.08 Å². The molecule has 3 nitrogen and oxygen atoms in total. The Kier molecular flexibility index (Phi) is 3.47. The van der Waals surface area contributed by atoms with E-state index >= 15 is 0 Å². The molecular weight excluding hydrogens is 323 g/mol. The lowest BCUT2D eigenvalue weighted by molar-refractivity contribution is 0.178. The molecule has 5 rings (SSSR count). The molecule has 1 fully saturated rings. The number of hydrogen-bond acceptors (Lipinski definition) is 4. The standard InChI is InChI=1S/C19H17FN2OS/c20-14-2-3-16-17(9-21-18(16)8-14)12-1-4-19-13(7-12)10-22(24-19)15-5-6-23-11-15/h1-4,7,9,15H,5-6,8,10-11H2. The quantitative estimate of drug-likeness (QED) is 0.751. The maximum absolute atomic E-state index is 13.4. The number of halogens is 1. The summed E-state index contributed by atoms with van der Waals surface area (Å²) in [5.74, 6) is -0.119. The number of fused-ring (bicyclic) bond motifs is 2. The van der Waals surface area contributed by atoms with Crippen LogP contribution in [0, 0.1) is 0 Å². The third-order valence-electron chi connectivity index (χ3n) is 4.94. The van der Waals surface area contributed by atoms with Crippen molar-refractivity contribution in [3.63, 3.8) is 0 Å². The van der Waals surface area contributed by atoms with Crippen molar-refractivity contribution in [3.8, 4) is 0 Å².